The minimum atomic E-state index is -0.674. The van der Waals surface area contributed by atoms with Crippen LogP contribution in [0.3, 0.4) is 0 Å². The summed E-state index contributed by atoms with van der Waals surface area (Å²) in [4.78, 5) is 10.3. The molecule has 0 aliphatic rings. The molecule has 2 N–H and O–H groups in total. The molecule has 0 aromatic heterocycles. The number of unbranched alkanes of at least 4 members (excludes halogenated alkanes) is 2. The molecule has 0 aliphatic heterocycles. The fraction of sp³-hybridized carbons (Fsp3) is 0.917. The summed E-state index contributed by atoms with van der Waals surface area (Å²) in [5, 5.41) is 11.9. The first-order chi connectivity index (χ1) is 7.20. The van der Waals surface area contributed by atoms with Crippen molar-refractivity contribution in [2.75, 3.05) is 6.54 Å². The van der Waals surface area contributed by atoms with Crippen LogP contribution in [-0.2, 0) is 4.79 Å². The highest BCUT2D eigenvalue weighted by Gasteiger charge is 2.05. The standard InChI is InChI=1S/C12H25NO2/c1-3-8-11(13-4-2)9-6-5-7-10-12(14)15/h11,13H,3-10H2,1-2H3,(H,14,15). The molecule has 0 fully saturated rings. The van der Waals surface area contributed by atoms with Crippen LogP contribution >= 0.6 is 0 Å². The van der Waals surface area contributed by atoms with Crippen molar-refractivity contribution in [1.29, 1.82) is 0 Å². The first-order valence-electron chi connectivity index (χ1n) is 6.15. The molecular formula is C12H25NO2. The van der Waals surface area contributed by atoms with E-state index in [9.17, 15) is 4.79 Å². The third-order valence-electron chi connectivity index (χ3n) is 2.57. The summed E-state index contributed by atoms with van der Waals surface area (Å²) in [6.45, 7) is 5.36. The molecule has 0 aromatic rings. The van der Waals surface area contributed by atoms with Gasteiger partial charge in [0.1, 0.15) is 0 Å². The number of carboxylic acid groups (broad SMARTS) is 1. The Morgan fingerprint density at radius 2 is 1.93 bits per heavy atom. The molecule has 0 bridgehead atoms. The second-order valence-corrected chi connectivity index (χ2v) is 4.04. The van der Waals surface area contributed by atoms with Crippen LogP contribution in [0.15, 0.2) is 0 Å². The maximum Gasteiger partial charge on any atom is 0.303 e. The van der Waals surface area contributed by atoms with Crippen molar-refractivity contribution in [3.8, 4) is 0 Å². The number of rotatable bonds is 10. The van der Waals surface area contributed by atoms with Gasteiger partial charge in [-0.3, -0.25) is 4.79 Å². The third-order valence-corrected chi connectivity index (χ3v) is 2.57. The van der Waals surface area contributed by atoms with E-state index in [-0.39, 0.29) is 0 Å². The Morgan fingerprint density at radius 3 is 2.47 bits per heavy atom. The van der Waals surface area contributed by atoms with Gasteiger partial charge in [-0.05, 0) is 25.8 Å². The molecule has 3 heteroatoms. The van der Waals surface area contributed by atoms with Gasteiger partial charge in [0.15, 0.2) is 0 Å². The molecule has 0 radical (unpaired) electrons. The maximum absolute atomic E-state index is 10.3. The normalized spacial score (nSPS) is 12.7. The van der Waals surface area contributed by atoms with Crippen molar-refractivity contribution in [3.05, 3.63) is 0 Å². The third kappa shape index (κ3) is 9.73. The quantitative estimate of drug-likeness (QED) is 0.551. The van der Waals surface area contributed by atoms with Gasteiger partial charge in [0, 0.05) is 12.5 Å². The van der Waals surface area contributed by atoms with Crippen LogP contribution in [0.2, 0.25) is 0 Å². The Labute approximate surface area is 93.3 Å². The zero-order chi connectivity index (χ0) is 11.5. The van der Waals surface area contributed by atoms with Crippen molar-refractivity contribution in [3.63, 3.8) is 0 Å². The summed E-state index contributed by atoms with van der Waals surface area (Å²) < 4.78 is 0. The molecule has 3 nitrogen and oxygen atoms in total. The Hall–Kier alpha value is -0.570. The SMILES string of the molecule is CCCC(CCCCCC(=O)O)NCC. The van der Waals surface area contributed by atoms with E-state index < -0.39 is 5.97 Å². The molecule has 90 valence electrons. The number of nitrogens with one attached hydrogen (secondary N) is 1. The van der Waals surface area contributed by atoms with Crippen LogP contribution in [-0.4, -0.2) is 23.7 Å². The van der Waals surface area contributed by atoms with Gasteiger partial charge in [-0.1, -0.05) is 33.1 Å². The van der Waals surface area contributed by atoms with E-state index in [1.807, 2.05) is 0 Å². The highest BCUT2D eigenvalue weighted by Crippen LogP contribution is 2.09. The van der Waals surface area contributed by atoms with Gasteiger partial charge < -0.3 is 10.4 Å². The van der Waals surface area contributed by atoms with Crippen molar-refractivity contribution in [2.45, 2.75) is 64.8 Å². The van der Waals surface area contributed by atoms with Crippen LogP contribution in [0.4, 0.5) is 0 Å². The molecule has 0 aliphatic carbocycles. The minimum absolute atomic E-state index is 0.319. The van der Waals surface area contributed by atoms with Gasteiger partial charge in [-0.25, -0.2) is 0 Å². The summed E-state index contributed by atoms with van der Waals surface area (Å²) in [6, 6.07) is 0.629. The van der Waals surface area contributed by atoms with Gasteiger partial charge in [-0.15, -0.1) is 0 Å². The van der Waals surface area contributed by atoms with E-state index in [2.05, 4.69) is 19.2 Å². The van der Waals surface area contributed by atoms with Crippen LogP contribution < -0.4 is 5.32 Å². The smallest absolute Gasteiger partial charge is 0.303 e. The second kappa shape index (κ2) is 9.97. The van der Waals surface area contributed by atoms with Crippen LogP contribution in [0.25, 0.3) is 0 Å². The molecule has 0 aromatic carbocycles. The Kier molecular flexibility index (Phi) is 9.59. The largest absolute Gasteiger partial charge is 0.481 e. The van der Waals surface area contributed by atoms with E-state index >= 15 is 0 Å². The first-order valence-corrected chi connectivity index (χ1v) is 6.15. The lowest BCUT2D eigenvalue weighted by Crippen LogP contribution is -2.28. The van der Waals surface area contributed by atoms with Gasteiger partial charge in [0.2, 0.25) is 0 Å². The molecular weight excluding hydrogens is 190 g/mol. The lowest BCUT2D eigenvalue weighted by molar-refractivity contribution is -0.137. The average Bonchev–Trinajstić information content (AvgIpc) is 2.17. The van der Waals surface area contributed by atoms with Crippen LogP contribution in [0.1, 0.15) is 58.8 Å². The highest BCUT2D eigenvalue weighted by molar-refractivity contribution is 5.66. The summed E-state index contributed by atoms with van der Waals surface area (Å²) in [6.07, 6.45) is 6.95. The second-order valence-electron chi connectivity index (χ2n) is 4.04. The number of aliphatic carboxylic acids is 1. The summed E-state index contributed by atoms with van der Waals surface area (Å²) >= 11 is 0. The van der Waals surface area contributed by atoms with Gasteiger partial charge in [0.05, 0.1) is 0 Å². The van der Waals surface area contributed by atoms with Gasteiger partial charge >= 0.3 is 5.97 Å². The predicted molar refractivity (Wildman–Crippen MR) is 63.1 cm³/mol. The maximum atomic E-state index is 10.3. The minimum Gasteiger partial charge on any atom is -0.481 e. The zero-order valence-electron chi connectivity index (χ0n) is 10.1. The van der Waals surface area contributed by atoms with Gasteiger partial charge in [-0.2, -0.15) is 0 Å². The number of hydrogen-bond donors (Lipinski definition) is 2. The predicted octanol–water partition coefficient (Wildman–Crippen LogP) is 2.80. The molecule has 0 saturated carbocycles. The van der Waals surface area contributed by atoms with E-state index in [0.717, 1.165) is 25.8 Å². The summed E-state index contributed by atoms with van der Waals surface area (Å²) in [7, 11) is 0. The van der Waals surface area contributed by atoms with E-state index in [4.69, 9.17) is 5.11 Å². The lowest BCUT2D eigenvalue weighted by Gasteiger charge is -2.16. The van der Waals surface area contributed by atoms with Crippen LogP contribution in [0, 0.1) is 0 Å². The number of carbonyl (C=O) groups is 1. The molecule has 0 heterocycles. The molecule has 1 atom stereocenters. The zero-order valence-corrected chi connectivity index (χ0v) is 10.1. The monoisotopic (exact) mass is 215 g/mol. The van der Waals surface area contributed by atoms with Crippen molar-refractivity contribution in [2.24, 2.45) is 0 Å². The summed E-state index contributed by atoms with van der Waals surface area (Å²) in [5.41, 5.74) is 0. The number of carboxylic acids is 1. The average molecular weight is 215 g/mol. The van der Waals surface area contributed by atoms with E-state index in [1.54, 1.807) is 0 Å². The molecule has 0 amide bonds. The van der Waals surface area contributed by atoms with E-state index in [0.29, 0.717) is 12.5 Å². The fourth-order valence-electron chi connectivity index (χ4n) is 1.83. The Balaban J connectivity index is 3.39. The molecule has 15 heavy (non-hydrogen) atoms. The molecule has 0 spiro atoms. The number of hydrogen-bond acceptors (Lipinski definition) is 2. The van der Waals surface area contributed by atoms with Gasteiger partial charge in [0.25, 0.3) is 0 Å². The Bertz CT molecular complexity index is 154. The van der Waals surface area contributed by atoms with Crippen molar-refractivity contribution >= 4 is 5.97 Å². The molecule has 0 saturated heterocycles. The van der Waals surface area contributed by atoms with Crippen LogP contribution in [0.5, 0.6) is 0 Å². The molecule has 0 rings (SSSR count). The topological polar surface area (TPSA) is 49.3 Å². The first kappa shape index (κ1) is 14.4. The van der Waals surface area contributed by atoms with Crippen molar-refractivity contribution < 1.29 is 9.90 Å². The highest BCUT2D eigenvalue weighted by atomic mass is 16.4. The van der Waals surface area contributed by atoms with E-state index in [1.165, 1.54) is 19.3 Å². The molecule has 1 unspecified atom stereocenters. The summed E-state index contributed by atoms with van der Waals surface area (Å²) in [5.74, 6) is -0.674. The Morgan fingerprint density at radius 1 is 1.20 bits per heavy atom. The lowest BCUT2D eigenvalue weighted by atomic mass is 10.0. The van der Waals surface area contributed by atoms with Crippen molar-refractivity contribution in [1.82, 2.24) is 5.32 Å². The fourth-order valence-corrected chi connectivity index (χ4v) is 1.83.